The van der Waals surface area contributed by atoms with E-state index < -0.39 is 23.8 Å². The van der Waals surface area contributed by atoms with Gasteiger partial charge in [0.1, 0.15) is 6.04 Å². The Hall–Kier alpha value is -2.54. The molecule has 4 atom stereocenters. The molecule has 5 aliphatic rings. The largest absolute Gasteiger partial charge is 0.314 e. The number of piperidine rings is 3. The van der Waals surface area contributed by atoms with Crippen molar-refractivity contribution in [3.8, 4) is 0 Å². The first-order valence-corrected chi connectivity index (χ1v) is 9.62. The van der Waals surface area contributed by atoms with Gasteiger partial charge in [-0.1, -0.05) is 6.07 Å². The average molecular weight is 367 g/mol. The Balaban J connectivity index is 1.45. The van der Waals surface area contributed by atoms with Gasteiger partial charge in [-0.05, 0) is 61.8 Å². The van der Waals surface area contributed by atoms with Gasteiger partial charge in [0.05, 0.1) is 11.1 Å². The van der Waals surface area contributed by atoms with Crippen LogP contribution in [0.4, 0.5) is 0 Å². The van der Waals surface area contributed by atoms with Gasteiger partial charge in [0.2, 0.25) is 11.8 Å². The van der Waals surface area contributed by atoms with E-state index in [9.17, 15) is 19.2 Å². The number of nitrogens with one attached hydrogen (secondary N) is 2. The fourth-order valence-corrected chi connectivity index (χ4v) is 5.11. The summed E-state index contributed by atoms with van der Waals surface area (Å²) in [7, 11) is 0. The lowest BCUT2D eigenvalue weighted by atomic mass is 9.70. The number of hydrogen-bond donors (Lipinski definition) is 2. The number of imide groups is 2. The highest BCUT2D eigenvalue weighted by Crippen LogP contribution is 2.42. The minimum absolute atomic E-state index is 0.132. The lowest BCUT2D eigenvalue weighted by Gasteiger charge is -2.43. The van der Waals surface area contributed by atoms with Gasteiger partial charge in [-0.15, -0.1) is 0 Å². The molecule has 1 aliphatic carbocycles. The molecule has 4 heterocycles. The van der Waals surface area contributed by atoms with Crippen LogP contribution in [0.5, 0.6) is 0 Å². The topological polar surface area (TPSA) is 95.6 Å². The highest BCUT2D eigenvalue weighted by atomic mass is 16.2. The first-order valence-electron chi connectivity index (χ1n) is 9.62. The number of carbonyl (C=O) groups is 4. The van der Waals surface area contributed by atoms with Crippen LogP contribution in [0.15, 0.2) is 18.2 Å². The summed E-state index contributed by atoms with van der Waals surface area (Å²) in [5.74, 6) is -0.838. The highest BCUT2D eigenvalue weighted by molar-refractivity contribution is 6.23. The molecule has 1 saturated carbocycles. The molecule has 2 N–H and O–H groups in total. The van der Waals surface area contributed by atoms with E-state index in [1.807, 2.05) is 12.1 Å². The third-order valence-electron chi connectivity index (χ3n) is 6.55. The summed E-state index contributed by atoms with van der Waals surface area (Å²) in [6.45, 7) is 1.00. The number of nitrogens with zero attached hydrogens (tertiary/aromatic N) is 1. The van der Waals surface area contributed by atoms with Crippen LogP contribution in [-0.2, 0) is 9.59 Å². The van der Waals surface area contributed by atoms with Gasteiger partial charge >= 0.3 is 0 Å². The fourth-order valence-electron chi connectivity index (χ4n) is 5.11. The monoisotopic (exact) mass is 367 g/mol. The molecular formula is C20H21N3O4. The zero-order valence-corrected chi connectivity index (χ0v) is 14.9. The predicted molar refractivity (Wildman–Crippen MR) is 95.0 cm³/mol. The number of rotatable bonds is 2. The van der Waals surface area contributed by atoms with Crippen molar-refractivity contribution >= 4 is 23.6 Å². The number of carbonyl (C=O) groups excluding carboxylic acids is 4. The smallest absolute Gasteiger partial charge is 0.262 e. The first kappa shape index (κ1) is 16.6. The minimum Gasteiger partial charge on any atom is -0.314 e. The molecule has 4 unspecified atom stereocenters. The van der Waals surface area contributed by atoms with E-state index in [1.165, 1.54) is 12.8 Å². The van der Waals surface area contributed by atoms with E-state index in [2.05, 4.69) is 10.6 Å². The molecule has 1 aromatic rings. The van der Waals surface area contributed by atoms with E-state index in [4.69, 9.17) is 0 Å². The predicted octanol–water partition coefficient (Wildman–Crippen LogP) is 0.943. The lowest BCUT2D eigenvalue weighted by molar-refractivity contribution is -0.136. The number of fused-ring (bicyclic) bond motifs is 4. The molecule has 0 aromatic heterocycles. The standard InChI is InChI=1S/C20H21N3O4/c24-17-6-5-16(18(25)22-17)23-19(26)13-4-2-10(7-15(13)20(23)27)14-8-12-3-1-11(14)9-21-12/h2,4,7,11-12,14,16,21H,1,3,5-6,8-9H2,(H,22,24,25). The van der Waals surface area contributed by atoms with Crippen molar-refractivity contribution in [3.63, 3.8) is 0 Å². The Kier molecular flexibility index (Phi) is 3.69. The van der Waals surface area contributed by atoms with Crippen LogP contribution in [-0.4, -0.2) is 47.2 Å². The molecule has 7 heteroatoms. The van der Waals surface area contributed by atoms with E-state index in [1.54, 1.807) is 6.07 Å². The molecule has 7 nitrogen and oxygen atoms in total. The maximum atomic E-state index is 13.0. The molecule has 140 valence electrons. The molecule has 0 spiro atoms. The molecule has 4 aliphatic heterocycles. The van der Waals surface area contributed by atoms with Crippen LogP contribution in [0.1, 0.15) is 64.3 Å². The van der Waals surface area contributed by atoms with Gasteiger partial charge in [0.15, 0.2) is 0 Å². The van der Waals surface area contributed by atoms with Gasteiger partial charge in [-0.3, -0.25) is 29.4 Å². The summed E-state index contributed by atoms with van der Waals surface area (Å²) >= 11 is 0. The van der Waals surface area contributed by atoms with Gasteiger partial charge in [-0.2, -0.15) is 0 Å². The van der Waals surface area contributed by atoms with Gasteiger partial charge in [0, 0.05) is 12.5 Å². The van der Waals surface area contributed by atoms with Crippen molar-refractivity contribution in [1.29, 1.82) is 0 Å². The summed E-state index contributed by atoms with van der Waals surface area (Å²) in [4.78, 5) is 50.3. The molecule has 0 radical (unpaired) electrons. The maximum absolute atomic E-state index is 13.0. The van der Waals surface area contributed by atoms with Crippen LogP contribution >= 0.6 is 0 Å². The lowest BCUT2D eigenvalue weighted by Crippen LogP contribution is -2.54. The summed E-state index contributed by atoms with van der Waals surface area (Å²) < 4.78 is 0. The number of amides is 4. The summed E-state index contributed by atoms with van der Waals surface area (Å²) in [6, 6.07) is 5.17. The van der Waals surface area contributed by atoms with Crippen molar-refractivity contribution in [2.45, 2.75) is 50.1 Å². The SMILES string of the molecule is O=C1CCC(N2C(=O)c3ccc(C4CC5CCC4CN5)cc3C2=O)C(=O)N1. The molecule has 4 fully saturated rings. The molecule has 2 bridgehead atoms. The zero-order chi connectivity index (χ0) is 18.7. The second-order valence-corrected chi connectivity index (χ2v) is 8.04. The summed E-state index contributed by atoms with van der Waals surface area (Å²) in [5.41, 5.74) is 1.85. The van der Waals surface area contributed by atoms with Crippen LogP contribution in [0.25, 0.3) is 0 Å². The van der Waals surface area contributed by atoms with E-state index in [-0.39, 0.29) is 18.7 Å². The van der Waals surface area contributed by atoms with Crippen molar-refractivity contribution in [2.24, 2.45) is 5.92 Å². The molecule has 4 amide bonds. The fraction of sp³-hybridized carbons (Fsp3) is 0.500. The third-order valence-corrected chi connectivity index (χ3v) is 6.55. The van der Waals surface area contributed by atoms with Crippen molar-refractivity contribution in [2.75, 3.05) is 6.54 Å². The first-order chi connectivity index (χ1) is 13.0. The Morgan fingerprint density at radius 3 is 2.44 bits per heavy atom. The quantitative estimate of drug-likeness (QED) is 0.759. The highest BCUT2D eigenvalue weighted by Gasteiger charge is 2.45. The third kappa shape index (κ3) is 2.52. The van der Waals surface area contributed by atoms with E-state index in [0.29, 0.717) is 29.0 Å². The van der Waals surface area contributed by atoms with Crippen molar-refractivity contribution < 1.29 is 19.2 Å². The Morgan fingerprint density at radius 2 is 1.78 bits per heavy atom. The van der Waals surface area contributed by atoms with Crippen molar-refractivity contribution in [1.82, 2.24) is 15.5 Å². The zero-order valence-electron chi connectivity index (χ0n) is 14.9. The number of hydrogen-bond acceptors (Lipinski definition) is 5. The Labute approximate surface area is 156 Å². The van der Waals surface area contributed by atoms with Crippen LogP contribution in [0.2, 0.25) is 0 Å². The number of benzene rings is 1. The molecule has 1 aromatic carbocycles. The van der Waals surface area contributed by atoms with Gasteiger partial charge in [0.25, 0.3) is 11.8 Å². The maximum Gasteiger partial charge on any atom is 0.262 e. The molecular weight excluding hydrogens is 346 g/mol. The average Bonchev–Trinajstić information content (AvgIpc) is 2.93. The Morgan fingerprint density at radius 1 is 0.963 bits per heavy atom. The van der Waals surface area contributed by atoms with Crippen LogP contribution < -0.4 is 10.6 Å². The van der Waals surface area contributed by atoms with Crippen molar-refractivity contribution in [3.05, 3.63) is 34.9 Å². The summed E-state index contributed by atoms with van der Waals surface area (Å²) in [6.07, 6.45) is 3.76. The van der Waals surface area contributed by atoms with Gasteiger partial charge in [-0.25, -0.2) is 0 Å². The normalized spacial score (nSPS) is 32.7. The minimum atomic E-state index is -0.909. The Bertz CT molecular complexity index is 872. The molecule has 3 saturated heterocycles. The second kappa shape index (κ2) is 5.99. The second-order valence-electron chi connectivity index (χ2n) is 8.04. The van der Waals surface area contributed by atoms with Gasteiger partial charge < -0.3 is 5.32 Å². The summed E-state index contributed by atoms with van der Waals surface area (Å²) in [5, 5.41) is 5.77. The van der Waals surface area contributed by atoms with Crippen LogP contribution in [0, 0.1) is 5.92 Å². The molecule has 27 heavy (non-hydrogen) atoms. The van der Waals surface area contributed by atoms with Crippen LogP contribution in [0.3, 0.4) is 0 Å². The van der Waals surface area contributed by atoms with E-state index >= 15 is 0 Å². The van der Waals surface area contributed by atoms with E-state index in [0.717, 1.165) is 23.4 Å². The molecule has 6 rings (SSSR count).